The van der Waals surface area contributed by atoms with Crippen LogP contribution >= 0.6 is 23.2 Å². The Balaban J connectivity index is 1.62. The lowest BCUT2D eigenvalue weighted by Gasteiger charge is -2.25. The van der Waals surface area contributed by atoms with Gasteiger partial charge in [-0.15, -0.1) is 0 Å². The van der Waals surface area contributed by atoms with E-state index in [1.165, 1.54) is 37.6 Å². The summed E-state index contributed by atoms with van der Waals surface area (Å²) in [5.74, 6) is -0.468. The average molecular weight is 557 g/mol. The summed E-state index contributed by atoms with van der Waals surface area (Å²) in [7, 11) is -2.77. The van der Waals surface area contributed by atoms with E-state index < -0.39 is 22.5 Å². The SMILES string of the molecule is COc1ccc(Cl)cc1N(CC(=O)N/N=C\c1cc2ccccc2nc1Cl)S(=O)(=O)c1ccc(C)cc1. The lowest BCUT2D eigenvalue weighted by molar-refractivity contribution is -0.119. The Hall–Kier alpha value is -3.66. The number of hydrogen-bond acceptors (Lipinski definition) is 6. The molecule has 1 amide bonds. The van der Waals surface area contributed by atoms with Crippen LogP contribution in [0.3, 0.4) is 0 Å². The highest BCUT2D eigenvalue weighted by Crippen LogP contribution is 2.34. The molecule has 8 nitrogen and oxygen atoms in total. The van der Waals surface area contributed by atoms with Crippen molar-refractivity contribution in [3.63, 3.8) is 0 Å². The maximum absolute atomic E-state index is 13.6. The molecule has 0 aliphatic carbocycles. The number of para-hydroxylation sites is 1. The van der Waals surface area contributed by atoms with Crippen LogP contribution in [0.4, 0.5) is 5.69 Å². The molecule has 4 aromatic rings. The van der Waals surface area contributed by atoms with Crippen molar-refractivity contribution in [1.29, 1.82) is 0 Å². The summed E-state index contributed by atoms with van der Waals surface area (Å²) >= 11 is 12.4. The van der Waals surface area contributed by atoms with Crippen LogP contribution < -0.4 is 14.5 Å². The second-order valence-corrected chi connectivity index (χ2v) is 10.7. The molecule has 0 unspecified atom stereocenters. The molecule has 0 aliphatic rings. The molecule has 37 heavy (non-hydrogen) atoms. The van der Waals surface area contributed by atoms with Crippen LogP contribution in [0.1, 0.15) is 11.1 Å². The fraction of sp³-hybridized carbons (Fsp3) is 0.115. The van der Waals surface area contributed by atoms with Gasteiger partial charge in [-0.1, -0.05) is 59.1 Å². The number of rotatable bonds is 8. The van der Waals surface area contributed by atoms with Gasteiger partial charge in [-0.25, -0.2) is 18.8 Å². The normalized spacial score (nSPS) is 11.6. The number of aromatic nitrogens is 1. The van der Waals surface area contributed by atoms with Crippen molar-refractivity contribution in [2.24, 2.45) is 5.10 Å². The van der Waals surface area contributed by atoms with E-state index in [4.69, 9.17) is 27.9 Å². The summed E-state index contributed by atoms with van der Waals surface area (Å²) in [6, 6.07) is 20.0. The zero-order chi connectivity index (χ0) is 26.6. The van der Waals surface area contributed by atoms with Gasteiger partial charge in [0.25, 0.3) is 15.9 Å². The molecule has 0 atom stereocenters. The lowest BCUT2D eigenvalue weighted by Crippen LogP contribution is -2.39. The second-order valence-electron chi connectivity index (χ2n) is 8.00. The molecule has 190 valence electrons. The second kappa shape index (κ2) is 11.2. The van der Waals surface area contributed by atoms with E-state index >= 15 is 0 Å². The third-order valence-corrected chi connectivity index (χ3v) is 7.72. The number of benzene rings is 3. The van der Waals surface area contributed by atoms with Crippen molar-refractivity contribution >= 4 is 61.9 Å². The molecule has 0 bridgehead atoms. The number of amides is 1. The number of nitrogens with one attached hydrogen (secondary N) is 1. The number of aryl methyl sites for hydroxylation is 1. The predicted octanol–water partition coefficient (Wildman–Crippen LogP) is 5.20. The number of carbonyl (C=O) groups excluding carboxylic acids is 1. The number of nitrogens with zero attached hydrogens (tertiary/aromatic N) is 3. The number of sulfonamides is 1. The van der Waals surface area contributed by atoms with Gasteiger partial charge in [0.2, 0.25) is 0 Å². The van der Waals surface area contributed by atoms with Crippen LogP contribution in [0.15, 0.2) is 82.8 Å². The summed E-state index contributed by atoms with van der Waals surface area (Å²) < 4.78 is 33.5. The maximum Gasteiger partial charge on any atom is 0.264 e. The topological polar surface area (TPSA) is 101 Å². The first-order chi connectivity index (χ1) is 17.7. The molecule has 1 N–H and O–H groups in total. The fourth-order valence-corrected chi connectivity index (χ4v) is 5.32. The van der Waals surface area contributed by atoms with E-state index in [0.29, 0.717) is 5.56 Å². The molecule has 0 fully saturated rings. The van der Waals surface area contributed by atoms with Crippen LogP contribution in [-0.2, 0) is 14.8 Å². The molecular formula is C26H22Cl2N4O4S. The first-order valence-electron chi connectivity index (χ1n) is 11.0. The molecular weight excluding hydrogens is 535 g/mol. The Morgan fingerprint density at radius 1 is 1.08 bits per heavy atom. The van der Waals surface area contributed by atoms with E-state index in [-0.39, 0.29) is 26.5 Å². The Bertz CT molecular complexity index is 1590. The molecule has 0 spiro atoms. The summed E-state index contributed by atoms with van der Waals surface area (Å²) in [5.41, 5.74) is 4.56. The quantitative estimate of drug-likeness (QED) is 0.182. The van der Waals surface area contributed by atoms with Crippen LogP contribution in [0.5, 0.6) is 5.75 Å². The van der Waals surface area contributed by atoms with E-state index in [2.05, 4.69) is 15.5 Å². The number of ether oxygens (including phenoxy) is 1. The average Bonchev–Trinajstić information content (AvgIpc) is 2.87. The summed E-state index contributed by atoms with van der Waals surface area (Å²) in [5, 5.41) is 5.29. The van der Waals surface area contributed by atoms with Gasteiger partial charge in [0.1, 0.15) is 17.4 Å². The van der Waals surface area contributed by atoms with Gasteiger partial charge in [-0.05, 0) is 49.4 Å². The van der Waals surface area contributed by atoms with Gasteiger partial charge >= 0.3 is 0 Å². The Morgan fingerprint density at radius 3 is 2.54 bits per heavy atom. The maximum atomic E-state index is 13.6. The number of carbonyl (C=O) groups is 1. The monoisotopic (exact) mass is 556 g/mol. The minimum absolute atomic E-state index is 0.00505. The number of anilines is 1. The molecule has 0 aliphatic heterocycles. The van der Waals surface area contributed by atoms with Crippen molar-refractivity contribution in [1.82, 2.24) is 10.4 Å². The summed E-state index contributed by atoms with van der Waals surface area (Å²) in [6.07, 6.45) is 1.35. The number of halogens is 2. The van der Waals surface area contributed by atoms with Crippen LogP contribution in [-0.4, -0.2) is 39.2 Å². The van der Waals surface area contributed by atoms with Gasteiger partial charge in [0.15, 0.2) is 0 Å². The molecule has 4 rings (SSSR count). The van der Waals surface area contributed by atoms with E-state index in [0.717, 1.165) is 20.8 Å². The van der Waals surface area contributed by atoms with Crippen LogP contribution in [0.2, 0.25) is 10.2 Å². The third kappa shape index (κ3) is 6.02. The Kier molecular flexibility index (Phi) is 7.97. The first-order valence-corrected chi connectivity index (χ1v) is 13.2. The van der Waals surface area contributed by atoms with E-state index in [1.807, 2.05) is 31.2 Å². The van der Waals surface area contributed by atoms with Gasteiger partial charge < -0.3 is 4.74 Å². The molecule has 11 heteroatoms. The zero-order valence-electron chi connectivity index (χ0n) is 19.9. The standard InChI is InChI=1S/C26H22Cl2N4O4S/c1-17-7-10-21(11-8-17)37(34,35)32(23-14-20(27)9-12-24(23)36-2)16-25(33)31-29-15-19-13-18-5-3-4-6-22(18)30-26(19)28/h3-15H,16H2,1-2H3,(H,31,33)/b29-15-. The third-order valence-electron chi connectivity index (χ3n) is 5.40. The van der Waals surface area contributed by atoms with Crippen LogP contribution in [0.25, 0.3) is 10.9 Å². The number of hydrogen-bond donors (Lipinski definition) is 1. The summed E-state index contributed by atoms with van der Waals surface area (Å²) in [6.45, 7) is 1.25. The van der Waals surface area contributed by atoms with Crippen molar-refractivity contribution in [3.8, 4) is 5.75 Å². The van der Waals surface area contributed by atoms with Gasteiger partial charge in [0, 0.05) is 16.0 Å². The number of pyridine rings is 1. The minimum atomic E-state index is -4.17. The lowest BCUT2D eigenvalue weighted by atomic mass is 10.2. The minimum Gasteiger partial charge on any atom is -0.495 e. The van der Waals surface area contributed by atoms with Gasteiger partial charge in [0.05, 0.1) is 29.4 Å². The highest BCUT2D eigenvalue weighted by atomic mass is 35.5. The molecule has 1 aromatic heterocycles. The Labute approximate surface area is 224 Å². The van der Waals surface area contributed by atoms with Gasteiger partial charge in [-0.2, -0.15) is 5.10 Å². The van der Waals surface area contributed by atoms with Crippen molar-refractivity contribution in [2.75, 3.05) is 18.0 Å². The number of hydrazone groups is 1. The van der Waals surface area contributed by atoms with E-state index in [9.17, 15) is 13.2 Å². The Morgan fingerprint density at radius 2 is 1.81 bits per heavy atom. The smallest absolute Gasteiger partial charge is 0.264 e. The fourth-order valence-electron chi connectivity index (χ4n) is 3.53. The number of fused-ring (bicyclic) bond motifs is 1. The molecule has 3 aromatic carbocycles. The highest BCUT2D eigenvalue weighted by molar-refractivity contribution is 7.92. The highest BCUT2D eigenvalue weighted by Gasteiger charge is 2.29. The summed E-state index contributed by atoms with van der Waals surface area (Å²) in [4.78, 5) is 17.2. The van der Waals surface area contributed by atoms with Gasteiger partial charge in [-0.3, -0.25) is 9.10 Å². The van der Waals surface area contributed by atoms with E-state index in [1.54, 1.807) is 24.3 Å². The molecule has 1 heterocycles. The predicted molar refractivity (Wildman–Crippen MR) is 146 cm³/mol. The van der Waals surface area contributed by atoms with Crippen molar-refractivity contribution in [2.45, 2.75) is 11.8 Å². The van der Waals surface area contributed by atoms with Crippen molar-refractivity contribution in [3.05, 3.63) is 94.1 Å². The van der Waals surface area contributed by atoms with Crippen LogP contribution in [0, 0.1) is 6.92 Å². The molecule has 0 radical (unpaired) electrons. The molecule has 0 saturated carbocycles. The largest absolute Gasteiger partial charge is 0.495 e. The zero-order valence-corrected chi connectivity index (χ0v) is 22.2. The number of methoxy groups -OCH3 is 1. The van der Waals surface area contributed by atoms with Crippen molar-refractivity contribution < 1.29 is 17.9 Å². The molecule has 0 saturated heterocycles. The first kappa shape index (κ1) is 26.4.